The molecule has 0 saturated carbocycles. The van der Waals surface area contributed by atoms with Gasteiger partial charge in [-0.3, -0.25) is 14.5 Å². The smallest absolute Gasteiger partial charge is 0.153 e. The van der Waals surface area contributed by atoms with Crippen LogP contribution in [0.4, 0.5) is 0 Å². The lowest BCUT2D eigenvalue weighted by Crippen LogP contribution is -2.14. The summed E-state index contributed by atoms with van der Waals surface area (Å²) in [5, 5.41) is 4.27. The molecule has 0 unspecified atom stereocenters. The Kier molecular flexibility index (Phi) is 4.29. The van der Waals surface area contributed by atoms with Gasteiger partial charge in [-0.25, -0.2) is 8.42 Å². The summed E-state index contributed by atoms with van der Waals surface area (Å²) in [5.41, 5.74) is 1.67. The predicted octanol–water partition coefficient (Wildman–Crippen LogP) is 1.19. The minimum Gasteiger partial charge on any atom is -0.298 e. The molecular formula is C13H15N3O3S. The molecule has 0 aliphatic heterocycles. The zero-order chi connectivity index (χ0) is 14.6. The number of nitrogens with zero attached hydrogens (tertiary/aromatic N) is 3. The van der Waals surface area contributed by atoms with Crippen LogP contribution >= 0.6 is 0 Å². The number of hydrogen-bond acceptors (Lipinski definition) is 5. The normalized spacial score (nSPS) is 11.4. The SMILES string of the molecule is CCS(=O)(=O)CCn1cc(C=O)c(-c2cccnc2)n1. The lowest BCUT2D eigenvalue weighted by Gasteiger charge is -2.01. The van der Waals surface area contributed by atoms with Crippen LogP contribution in [0.25, 0.3) is 11.3 Å². The van der Waals surface area contributed by atoms with E-state index in [1.54, 1.807) is 37.6 Å². The first kappa shape index (κ1) is 14.4. The predicted molar refractivity (Wildman–Crippen MR) is 75.2 cm³/mol. The van der Waals surface area contributed by atoms with Crippen molar-refractivity contribution in [3.05, 3.63) is 36.3 Å². The Morgan fingerprint density at radius 3 is 2.80 bits per heavy atom. The minimum absolute atomic E-state index is 0.00988. The summed E-state index contributed by atoms with van der Waals surface area (Å²) in [6, 6.07) is 3.56. The third kappa shape index (κ3) is 3.30. The molecule has 0 fully saturated rings. The molecule has 0 bridgehead atoms. The molecule has 0 N–H and O–H groups in total. The summed E-state index contributed by atoms with van der Waals surface area (Å²) in [5.74, 6) is 0.111. The molecule has 0 radical (unpaired) electrons. The maximum atomic E-state index is 11.5. The molecule has 2 heterocycles. The van der Waals surface area contributed by atoms with E-state index < -0.39 is 9.84 Å². The van der Waals surface area contributed by atoms with Crippen LogP contribution in [0, 0.1) is 0 Å². The summed E-state index contributed by atoms with van der Waals surface area (Å²) in [6.07, 6.45) is 5.51. The average Bonchev–Trinajstić information content (AvgIpc) is 2.90. The van der Waals surface area contributed by atoms with Gasteiger partial charge in [0.1, 0.15) is 5.69 Å². The number of aryl methyl sites for hydroxylation is 1. The van der Waals surface area contributed by atoms with Gasteiger partial charge in [-0.15, -0.1) is 0 Å². The van der Waals surface area contributed by atoms with E-state index in [1.807, 2.05) is 0 Å². The highest BCUT2D eigenvalue weighted by molar-refractivity contribution is 7.91. The van der Waals surface area contributed by atoms with E-state index in [9.17, 15) is 13.2 Å². The molecule has 0 aliphatic rings. The maximum absolute atomic E-state index is 11.5. The summed E-state index contributed by atoms with van der Waals surface area (Å²) >= 11 is 0. The van der Waals surface area contributed by atoms with Crippen LogP contribution in [0.15, 0.2) is 30.7 Å². The van der Waals surface area contributed by atoms with Crippen LogP contribution in [0.5, 0.6) is 0 Å². The first-order chi connectivity index (χ1) is 9.55. The van der Waals surface area contributed by atoms with E-state index >= 15 is 0 Å². The Morgan fingerprint density at radius 2 is 2.20 bits per heavy atom. The summed E-state index contributed by atoms with van der Waals surface area (Å²) < 4.78 is 24.5. The van der Waals surface area contributed by atoms with E-state index in [0.29, 0.717) is 17.5 Å². The first-order valence-corrected chi connectivity index (χ1v) is 8.01. The van der Waals surface area contributed by atoms with Crippen molar-refractivity contribution in [2.24, 2.45) is 0 Å². The quantitative estimate of drug-likeness (QED) is 0.747. The number of sulfone groups is 1. The Balaban J connectivity index is 2.26. The monoisotopic (exact) mass is 293 g/mol. The van der Waals surface area contributed by atoms with Crippen LogP contribution < -0.4 is 0 Å². The highest BCUT2D eigenvalue weighted by Crippen LogP contribution is 2.19. The minimum atomic E-state index is -3.05. The molecule has 20 heavy (non-hydrogen) atoms. The fraction of sp³-hybridized carbons (Fsp3) is 0.308. The fourth-order valence-corrected chi connectivity index (χ4v) is 2.50. The molecule has 6 nitrogen and oxygen atoms in total. The molecule has 0 spiro atoms. The molecule has 7 heteroatoms. The van der Waals surface area contributed by atoms with Crippen molar-refractivity contribution in [1.82, 2.24) is 14.8 Å². The van der Waals surface area contributed by atoms with E-state index in [0.717, 1.165) is 5.56 Å². The van der Waals surface area contributed by atoms with Crippen LogP contribution in [0.2, 0.25) is 0 Å². The van der Waals surface area contributed by atoms with Crippen molar-refractivity contribution in [2.75, 3.05) is 11.5 Å². The lowest BCUT2D eigenvalue weighted by atomic mass is 10.1. The van der Waals surface area contributed by atoms with Gasteiger partial charge in [-0.1, -0.05) is 6.92 Å². The van der Waals surface area contributed by atoms with Crippen LogP contribution in [0.1, 0.15) is 17.3 Å². The van der Waals surface area contributed by atoms with Gasteiger partial charge < -0.3 is 0 Å². The van der Waals surface area contributed by atoms with E-state index in [4.69, 9.17) is 0 Å². The number of rotatable bonds is 6. The molecule has 0 aliphatic carbocycles. The molecular weight excluding hydrogens is 278 g/mol. The van der Waals surface area contributed by atoms with Crippen LogP contribution in [-0.2, 0) is 16.4 Å². The summed E-state index contributed by atoms with van der Waals surface area (Å²) in [6.45, 7) is 1.84. The third-order valence-corrected chi connectivity index (χ3v) is 4.61. The topological polar surface area (TPSA) is 81.9 Å². The fourth-order valence-electron chi connectivity index (χ4n) is 1.74. The second kappa shape index (κ2) is 5.96. The zero-order valence-electron chi connectivity index (χ0n) is 11.1. The first-order valence-electron chi connectivity index (χ1n) is 6.19. The van der Waals surface area contributed by atoms with Crippen molar-refractivity contribution < 1.29 is 13.2 Å². The van der Waals surface area contributed by atoms with E-state index in [1.165, 1.54) is 4.68 Å². The second-order valence-electron chi connectivity index (χ2n) is 4.29. The molecule has 0 aromatic carbocycles. The van der Waals surface area contributed by atoms with Gasteiger partial charge in [0.15, 0.2) is 16.1 Å². The van der Waals surface area contributed by atoms with Crippen molar-refractivity contribution in [3.63, 3.8) is 0 Å². The van der Waals surface area contributed by atoms with Gasteiger partial charge in [-0.05, 0) is 12.1 Å². The maximum Gasteiger partial charge on any atom is 0.153 e. The number of aldehydes is 1. The van der Waals surface area contributed by atoms with Crippen LogP contribution in [-0.4, -0.2) is 41.0 Å². The van der Waals surface area contributed by atoms with Gasteiger partial charge in [0.25, 0.3) is 0 Å². The molecule has 2 aromatic rings. The average molecular weight is 293 g/mol. The van der Waals surface area contributed by atoms with Gasteiger partial charge in [0, 0.05) is 29.9 Å². The van der Waals surface area contributed by atoms with E-state index in [-0.39, 0.29) is 18.1 Å². The molecule has 0 saturated heterocycles. The molecule has 106 valence electrons. The van der Waals surface area contributed by atoms with Crippen molar-refractivity contribution in [1.29, 1.82) is 0 Å². The lowest BCUT2D eigenvalue weighted by molar-refractivity contribution is 0.112. The van der Waals surface area contributed by atoms with Crippen molar-refractivity contribution in [2.45, 2.75) is 13.5 Å². The standard InChI is InChI=1S/C13H15N3O3S/c1-2-20(18,19)7-6-16-9-12(10-17)13(15-16)11-4-3-5-14-8-11/h3-5,8-10H,2,6-7H2,1H3. The molecule has 0 atom stereocenters. The van der Waals surface area contributed by atoms with Gasteiger partial charge in [0.2, 0.25) is 0 Å². The highest BCUT2D eigenvalue weighted by atomic mass is 32.2. The largest absolute Gasteiger partial charge is 0.298 e. The number of aromatic nitrogens is 3. The summed E-state index contributed by atoms with van der Waals surface area (Å²) in [7, 11) is -3.05. The van der Waals surface area contributed by atoms with Gasteiger partial charge in [0.05, 0.1) is 17.9 Å². The molecule has 0 amide bonds. The Labute approximate surface area is 117 Å². The molecule has 2 aromatic heterocycles. The zero-order valence-corrected chi connectivity index (χ0v) is 11.9. The van der Waals surface area contributed by atoms with E-state index in [2.05, 4.69) is 10.1 Å². The number of carbonyl (C=O) groups is 1. The number of hydrogen-bond donors (Lipinski definition) is 0. The number of carbonyl (C=O) groups excluding carboxylic acids is 1. The Hall–Kier alpha value is -2.02. The Bertz CT molecular complexity index is 693. The molecule has 2 rings (SSSR count). The Morgan fingerprint density at radius 1 is 1.40 bits per heavy atom. The number of pyridine rings is 1. The third-order valence-electron chi connectivity index (χ3n) is 2.92. The highest BCUT2D eigenvalue weighted by Gasteiger charge is 2.13. The second-order valence-corrected chi connectivity index (χ2v) is 6.76. The van der Waals surface area contributed by atoms with Gasteiger partial charge in [-0.2, -0.15) is 5.10 Å². The van der Waals surface area contributed by atoms with Crippen molar-refractivity contribution >= 4 is 16.1 Å². The summed E-state index contributed by atoms with van der Waals surface area (Å²) in [4.78, 5) is 15.1. The van der Waals surface area contributed by atoms with Gasteiger partial charge >= 0.3 is 0 Å². The van der Waals surface area contributed by atoms with Crippen LogP contribution in [0.3, 0.4) is 0 Å². The van der Waals surface area contributed by atoms with Crippen molar-refractivity contribution in [3.8, 4) is 11.3 Å².